The molecule has 1 atom stereocenters. The molecule has 1 unspecified atom stereocenters. The number of unbranched alkanes of at least 4 members (excludes halogenated alkanes) is 33. The Hall–Kier alpha value is -3.67. The van der Waals surface area contributed by atoms with Gasteiger partial charge in [-0.1, -0.05) is 285 Å². The number of hydrogen-bond acceptors (Lipinski definition) is 6. The zero-order valence-corrected chi connectivity index (χ0v) is 51.4. The summed E-state index contributed by atoms with van der Waals surface area (Å²) in [5.74, 6) is -0.885. The Morgan fingerprint density at radius 1 is 0.269 bits per heavy atom. The molecule has 0 fully saturated rings. The summed E-state index contributed by atoms with van der Waals surface area (Å²) in [7, 11) is 0. The Labute approximate surface area is 483 Å². The van der Waals surface area contributed by atoms with E-state index in [1.807, 2.05) is 0 Å². The Balaban J connectivity index is 4.35. The van der Waals surface area contributed by atoms with Gasteiger partial charge in [0.2, 0.25) is 0 Å². The van der Waals surface area contributed by atoms with E-state index in [-0.39, 0.29) is 31.1 Å². The van der Waals surface area contributed by atoms with Crippen LogP contribution in [-0.2, 0) is 28.6 Å². The fourth-order valence-corrected chi connectivity index (χ4v) is 9.39. The van der Waals surface area contributed by atoms with Crippen LogP contribution in [0.3, 0.4) is 0 Å². The molecular weight excluding hydrogens is 961 g/mol. The summed E-state index contributed by atoms with van der Waals surface area (Å²) >= 11 is 0. The fraction of sp³-hybridized carbons (Fsp3) is 0.736. The number of carbonyl (C=O) groups is 3. The van der Waals surface area contributed by atoms with Crippen LogP contribution in [0.15, 0.2) is 97.2 Å². The van der Waals surface area contributed by atoms with E-state index >= 15 is 0 Å². The number of ether oxygens (including phenoxy) is 3. The van der Waals surface area contributed by atoms with Crippen LogP contribution in [0, 0.1) is 0 Å². The lowest BCUT2D eigenvalue weighted by Crippen LogP contribution is -2.30. The van der Waals surface area contributed by atoms with Gasteiger partial charge in [-0.2, -0.15) is 0 Å². The van der Waals surface area contributed by atoms with Gasteiger partial charge >= 0.3 is 17.9 Å². The summed E-state index contributed by atoms with van der Waals surface area (Å²) in [6.45, 7) is 6.44. The van der Waals surface area contributed by atoms with Crippen LogP contribution in [0.4, 0.5) is 0 Å². The molecule has 0 heterocycles. The van der Waals surface area contributed by atoms with Crippen molar-refractivity contribution in [3.63, 3.8) is 0 Å². The van der Waals surface area contributed by atoms with Gasteiger partial charge in [0.05, 0.1) is 0 Å². The topological polar surface area (TPSA) is 78.9 Å². The molecule has 0 aromatic rings. The van der Waals surface area contributed by atoms with Gasteiger partial charge in [0.25, 0.3) is 0 Å². The lowest BCUT2D eigenvalue weighted by molar-refractivity contribution is -0.167. The lowest BCUT2D eigenvalue weighted by Gasteiger charge is -2.18. The molecule has 0 amide bonds. The first-order valence-electron chi connectivity index (χ1n) is 33.2. The molecule has 0 aliphatic heterocycles. The van der Waals surface area contributed by atoms with Gasteiger partial charge in [0.15, 0.2) is 6.10 Å². The predicted octanol–water partition coefficient (Wildman–Crippen LogP) is 22.8. The Morgan fingerprint density at radius 3 is 0.795 bits per heavy atom. The zero-order valence-electron chi connectivity index (χ0n) is 51.4. The molecular formula is C72H124O6. The van der Waals surface area contributed by atoms with Gasteiger partial charge in [-0.3, -0.25) is 14.4 Å². The highest BCUT2D eigenvalue weighted by Crippen LogP contribution is 2.16. The van der Waals surface area contributed by atoms with E-state index in [0.717, 1.165) is 109 Å². The first-order valence-corrected chi connectivity index (χ1v) is 33.2. The van der Waals surface area contributed by atoms with Crippen LogP contribution in [0.25, 0.3) is 0 Å². The monoisotopic (exact) mass is 1080 g/mol. The molecule has 6 nitrogen and oxygen atoms in total. The summed E-state index contributed by atoms with van der Waals surface area (Å²) in [6, 6.07) is 0. The molecule has 448 valence electrons. The third-order valence-corrected chi connectivity index (χ3v) is 14.3. The van der Waals surface area contributed by atoms with Gasteiger partial charge in [-0.15, -0.1) is 0 Å². The van der Waals surface area contributed by atoms with E-state index in [0.29, 0.717) is 19.3 Å². The van der Waals surface area contributed by atoms with Crippen molar-refractivity contribution in [1.82, 2.24) is 0 Å². The number of hydrogen-bond donors (Lipinski definition) is 0. The first-order chi connectivity index (χ1) is 38.5. The predicted molar refractivity (Wildman–Crippen MR) is 339 cm³/mol. The van der Waals surface area contributed by atoms with Crippen LogP contribution in [0.2, 0.25) is 0 Å². The van der Waals surface area contributed by atoms with E-state index < -0.39 is 6.10 Å². The van der Waals surface area contributed by atoms with Crippen molar-refractivity contribution in [2.24, 2.45) is 0 Å². The zero-order chi connectivity index (χ0) is 56.4. The highest BCUT2D eigenvalue weighted by molar-refractivity contribution is 5.71. The van der Waals surface area contributed by atoms with Crippen LogP contribution in [0.5, 0.6) is 0 Å². The van der Waals surface area contributed by atoms with Crippen molar-refractivity contribution in [3.05, 3.63) is 97.2 Å². The quantitative estimate of drug-likeness (QED) is 0.0261. The normalized spacial score (nSPS) is 12.7. The third kappa shape index (κ3) is 63.2. The Morgan fingerprint density at radius 2 is 0.500 bits per heavy atom. The van der Waals surface area contributed by atoms with Gasteiger partial charge in [0, 0.05) is 19.3 Å². The number of carbonyl (C=O) groups excluding carboxylic acids is 3. The van der Waals surface area contributed by atoms with Crippen molar-refractivity contribution in [3.8, 4) is 0 Å². The van der Waals surface area contributed by atoms with Crippen molar-refractivity contribution in [2.75, 3.05) is 13.2 Å². The molecule has 0 saturated carbocycles. The Kier molecular flexibility index (Phi) is 62.7. The van der Waals surface area contributed by atoms with Gasteiger partial charge in [-0.25, -0.2) is 0 Å². The number of esters is 3. The molecule has 0 rings (SSSR count). The van der Waals surface area contributed by atoms with E-state index in [9.17, 15) is 14.4 Å². The SMILES string of the molecule is CC/C=C\C/C=C\C/C=C\C/C=C\CCCCCCCCCCCCCCC(=O)OCC(COC(=O)CCCCCCCCC/C=C\C/C=C\C/C=C\CC)OC(=O)CCCCCCCCC/C=C\CCCCCCCCC. The number of rotatable bonds is 60. The summed E-state index contributed by atoms with van der Waals surface area (Å²) in [5.41, 5.74) is 0. The first kappa shape index (κ1) is 74.3. The highest BCUT2D eigenvalue weighted by Gasteiger charge is 2.19. The second-order valence-electron chi connectivity index (χ2n) is 22.0. The van der Waals surface area contributed by atoms with Crippen molar-refractivity contribution in [2.45, 2.75) is 329 Å². The van der Waals surface area contributed by atoms with Crippen molar-refractivity contribution in [1.29, 1.82) is 0 Å². The summed E-state index contributed by atoms with van der Waals surface area (Å²) in [6.07, 6.45) is 88.4. The molecule has 0 spiro atoms. The molecule has 0 aromatic carbocycles. The molecule has 6 heteroatoms. The minimum absolute atomic E-state index is 0.0821. The molecule has 0 aromatic heterocycles. The third-order valence-electron chi connectivity index (χ3n) is 14.3. The maximum absolute atomic E-state index is 12.9. The molecule has 0 N–H and O–H groups in total. The van der Waals surface area contributed by atoms with E-state index in [4.69, 9.17) is 14.2 Å². The van der Waals surface area contributed by atoms with Crippen molar-refractivity contribution >= 4 is 17.9 Å². The smallest absolute Gasteiger partial charge is 0.306 e. The van der Waals surface area contributed by atoms with E-state index in [1.54, 1.807) is 0 Å². The minimum Gasteiger partial charge on any atom is -0.462 e. The van der Waals surface area contributed by atoms with Crippen LogP contribution in [0.1, 0.15) is 323 Å². The minimum atomic E-state index is -0.787. The van der Waals surface area contributed by atoms with E-state index in [1.165, 1.54) is 173 Å². The fourth-order valence-electron chi connectivity index (χ4n) is 9.39. The average molecular weight is 1090 g/mol. The molecule has 0 bridgehead atoms. The van der Waals surface area contributed by atoms with Crippen LogP contribution >= 0.6 is 0 Å². The van der Waals surface area contributed by atoms with Crippen LogP contribution < -0.4 is 0 Å². The largest absolute Gasteiger partial charge is 0.462 e. The maximum Gasteiger partial charge on any atom is 0.306 e. The molecule has 0 aliphatic carbocycles. The summed E-state index contributed by atoms with van der Waals surface area (Å²) in [5, 5.41) is 0. The van der Waals surface area contributed by atoms with Gasteiger partial charge in [0.1, 0.15) is 13.2 Å². The van der Waals surface area contributed by atoms with Gasteiger partial charge in [-0.05, 0) is 116 Å². The van der Waals surface area contributed by atoms with Gasteiger partial charge < -0.3 is 14.2 Å². The Bertz CT molecular complexity index is 1530. The maximum atomic E-state index is 12.9. The average Bonchev–Trinajstić information content (AvgIpc) is 3.44. The number of allylic oxidation sites excluding steroid dienone is 16. The molecule has 78 heavy (non-hydrogen) atoms. The highest BCUT2D eigenvalue weighted by atomic mass is 16.6. The second kappa shape index (κ2) is 65.8. The molecule has 0 aliphatic rings. The second-order valence-corrected chi connectivity index (χ2v) is 22.0. The summed E-state index contributed by atoms with van der Waals surface area (Å²) < 4.78 is 17.0. The van der Waals surface area contributed by atoms with Crippen LogP contribution in [-0.4, -0.2) is 37.2 Å². The lowest BCUT2D eigenvalue weighted by atomic mass is 10.0. The standard InChI is InChI=1S/C72H124O6/c1-4-7-10-13-16-19-22-25-28-31-33-34-35-36-37-38-39-42-44-47-50-53-56-59-62-65-71(74)77-68-69(67-76-70(73)64-61-58-55-52-49-46-43-40-30-27-24-21-18-15-12-9-6-3)78-72(75)66-63-60-57-54-51-48-45-41-32-29-26-23-20-17-14-11-8-5-2/h7,9-10,12,16,18-19,21,25,27-30,32-34,69H,4-6,8,11,13-15,17,20,22-24,26,31,35-68H2,1-3H3/b10-7-,12-9-,19-16-,21-18-,28-25-,30-27-,32-29-,34-33-. The summed E-state index contributed by atoms with van der Waals surface area (Å²) in [4.78, 5) is 38.4. The molecule has 0 radical (unpaired) electrons. The van der Waals surface area contributed by atoms with Crippen molar-refractivity contribution < 1.29 is 28.6 Å². The molecule has 0 saturated heterocycles. The van der Waals surface area contributed by atoms with E-state index in [2.05, 4.69) is 118 Å².